The van der Waals surface area contributed by atoms with E-state index in [0.29, 0.717) is 30.1 Å². The molecule has 4 rings (SSSR count). The first-order valence-corrected chi connectivity index (χ1v) is 14.8. The van der Waals surface area contributed by atoms with Crippen LogP contribution in [0.5, 0.6) is 5.75 Å². The fourth-order valence-corrected chi connectivity index (χ4v) is 6.00. The van der Waals surface area contributed by atoms with E-state index in [0.717, 1.165) is 76.4 Å². The monoisotopic (exact) mass is 540 g/mol. The van der Waals surface area contributed by atoms with Gasteiger partial charge in [-0.1, -0.05) is 49.8 Å². The molecular formula is C34H43F3O2. The molecule has 0 bridgehead atoms. The van der Waals surface area contributed by atoms with Crippen molar-refractivity contribution in [3.8, 4) is 5.75 Å². The molecule has 0 aromatic heterocycles. The maximum absolute atomic E-state index is 15.3. The minimum absolute atomic E-state index is 0.0327. The van der Waals surface area contributed by atoms with E-state index in [1.807, 2.05) is 24.3 Å². The summed E-state index contributed by atoms with van der Waals surface area (Å²) in [7, 11) is 0. The second-order valence-corrected chi connectivity index (χ2v) is 11.2. The third-order valence-electron chi connectivity index (χ3n) is 8.42. The Labute approximate surface area is 232 Å². The van der Waals surface area contributed by atoms with Crippen molar-refractivity contribution in [1.82, 2.24) is 0 Å². The third-order valence-corrected chi connectivity index (χ3v) is 8.42. The molecule has 0 heterocycles. The number of unbranched alkanes of at least 4 members (excludes halogenated alkanes) is 1. The summed E-state index contributed by atoms with van der Waals surface area (Å²) in [5, 5.41) is 0. The predicted molar refractivity (Wildman–Crippen MR) is 153 cm³/mol. The van der Waals surface area contributed by atoms with Crippen molar-refractivity contribution in [2.45, 2.75) is 95.5 Å². The van der Waals surface area contributed by atoms with E-state index < -0.39 is 11.6 Å². The number of benzene rings is 2. The molecule has 5 heteroatoms. The smallest absolute Gasteiger partial charge is 0.165 e. The lowest BCUT2D eigenvalue weighted by molar-refractivity contribution is 0.0230. The van der Waals surface area contributed by atoms with Crippen molar-refractivity contribution >= 4 is 6.08 Å². The summed E-state index contributed by atoms with van der Waals surface area (Å²) in [4.78, 5) is 0. The van der Waals surface area contributed by atoms with Crippen molar-refractivity contribution in [2.24, 2.45) is 5.92 Å². The van der Waals surface area contributed by atoms with Crippen molar-refractivity contribution in [3.63, 3.8) is 0 Å². The van der Waals surface area contributed by atoms with Gasteiger partial charge in [0.25, 0.3) is 0 Å². The molecule has 2 aromatic carbocycles. The van der Waals surface area contributed by atoms with E-state index >= 15 is 8.78 Å². The molecule has 2 saturated carbocycles. The average molecular weight is 541 g/mol. The van der Waals surface area contributed by atoms with Gasteiger partial charge in [0.1, 0.15) is 0 Å². The summed E-state index contributed by atoms with van der Waals surface area (Å²) in [5.74, 6) is -0.987. The molecule has 0 radical (unpaired) electrons. The molecule has 0 unspecified atom stereocenters. The average Bonchev–Trinajstić information content (AvgIpc) is 2.95. The van der Waals surface area contributed by atoms with E-state index in [9.17, 15) is 4.39 Å². The number of hydrogen-bond acceptors (Lipinski definition) is 2. The molecule has 2 fully saturated rings. The Kier molecular flexibility index (Phi) is 11.1. The van der Waals surface area contributed by atoms with Gasteiger partial charge in [-0.05, 0) is 111 Å². The zero-order chi connectivity index (χ0) is 27.6. The quantitative estimate of drug-likeness (QED) is 0.197. The van der Waals surface area contributed by atoms with Crippen LogP contribution in [0.25, 0.3) is 6.08 Å². The SMILES string of the molecule is C=CCCOc1ccc(/C=C/C2CCC(c3ccc(C4CCC(OCCCC)CC4)c(F)c3F)CC2)cc1F. The van der Waals surface area contributed by atoms with Crippen molar-refractivity contribution < 1.29 is 22.6 Å². The van der Waals surface area contributed by atoms with Crippen LogP contribution >= 0.6 is 0 Å². The fraction of sp³-hybridized carbons (Fsp3) is 0.529. The van der Waals surface area contributed by atoms with Gasteiger partial charge in [0.05, 0.1) is 12.7 Å². The Morgan fingerprint density at radius 2 is 1.49 bits per heavy atom. The van der Waals surface area contributed by atoms with Crippen molar-refractivity contribution in [3.05, 3.63) is 83.2 Å². The van der Waals surface area contributed by atoms with Crippen LogP contribution in [0.2, 0.25) is 0 Å². The first-order valence-electron chi connectivity index (χ1n) is 14.8. The zero-order valence-corrected chi connectivity index (χ0v) is 23.3. The van der Waals surface area contributed by atoms with Crippen LogP contribution in [0.15, 0.2) is 49.1 Å². The Balaban J connectivity index is 1.29. The van der Waals surface area contributed by atoms with Crippen LogP contribution in [-0.2, 0) is 4.74 Å². The predicted octanol–water partition coefficient (Wildman–Crippen LogP) is 9.89. The molecule has 0 spiro atoms. The van der Waals surface area contributed by atoms with Crippen LogP contribution < -0.4 is 4.74 Å². The lowest BCUT2D eigenvalue weighted by Gasteiger charge is -2.30. The summed E-state index contributed by atoms with van der Waals surface area (Å²) in [6.45, 7) is 6.98. The number of halogens is 3. The number of hydrogen-bond donors (Lipinski definition) is 0. The van der Waals surface area contributed by atoms with Gasteiger partial charge < -0.3 is 9.47 Å². The summed E-state index contributed by atoms with van der Waals surface area (Å²) < 4.78 is 56.2. The normalized spacial score (nSPS) is 23.7. The molecule has 0 aliphatic heterocycles. The van der Waals surface area contributed by atoms with Gasteiger partial charge in [0, 0.05) is 6.61 Å². The van der Waals surface area contributed by atoms with Crippen molar-refractivity contribution in [1.29, 1.82) is 0 Å². The van der Waals surface area contributed by atoms with E-state index in [1.54, 1.807) is 12.1 Å². The van der Waals surface area contributed by atoms with Crippen LogP contribution in [0, 0.1) is 23.4 Å². The van der Waals surface area contributed by atoms with Gasteiger partial charge in [0.2, 0.25) is 0 Å². The highest BCUT2D eigenvalue weighted by Gasteiger charge is 2.29. The van der Waals surface area contributed by atoms with E-state index in [4.69, 9.17) is 9.47 Å². The number of rotatable bonds is 12. The standard InChI is InChI=1S/C34H43F3O2/c1-3-5-21-38-28-16-14-27(15-17-28)30-19-18-29(33(36)34(30)37)26-12-9-24(10-13-26)7-8-25-11-20-32(31(35)23-25)39-22-6-4-2/h4,7-8,11,18-20,23-24,26-28H,2-3,5-6,9-10,12-17,21-22H2,1H3/b8-7+. The third kappa shape index (κ3) is 8.00. The minimum atomic E-state index is -0.654. The first-order chi connectivity index (χ1) is 19.0. The number of ether oxygens (including phenoxy) is 2. The van der Waals surface area contributed by atoms with Crippen molar-refractivity contribution in [2.75, 3.05) is 13.2 Å². The topological polar surface area (TPSA) is 18.5 Å². The fourth-order valence-electron chi connectivity index (χ4n) is 6.00. The van der Waals surface area contributed by atoms with Gasteiger partial charge in [-0.15, -0.1) is 6.58 Å². The molecular weight excluding hydrogens is 497 g/mol. The maximum Gasteiger partial charge on any atom is 0.165 e. The van der Waals surface area contributed by atoms with Gasteiger partial charge >= 0.3 is 0 Å². The number of allylic oxidation sites excluding steroid dienone is 1. The van der Waals surface area contributed by atoms with Gasteiger partial charge in [-0.25, -0.2) is 13.2 Å². The van der Waals surface area contributed by atoms with E-state index in [1.165, 1.54) is 6.07 Å². The lowest BCUT2D eigenvalue weighted by Crippen LogP contribution is -2.22. The molecule has 39 heavy (non-hydrogen) atoms. The molecule has 0 atom stereocenters. The highest BCUT2D eigenvalue weighted by atomic mass is 19.2. The molecule has 0 amide bonds. The summed E-state index contributed by atoms with van der Waals surface area (Å²) in [5.41, 5.74) is 1.84. The van der Waals surface area contributed by atoms with E-state index in [-0.39, 0.29) is 29.5 Å². The molecule has 212 valence electrons. The largest absolute Gasteiger partial charge is 0.490 e. The van der Waals surface area contributed by atoms with Gasteiger partial charge in [-0.3, -0.25) is 0 Å². The molecule has 2 aliphatic rings. The highest BCUT2D eigenvalue weighted by Crippen LogP contribution is 2.41. The van der Waals surface area contributed by atoms with Gasteiger partial charge in [-0.2, -0.15) is 0 Å². The Morgan fingerprint density at radius 3 is 2.08 bits per heavy atom. The maximum atomic E-state index is 15.3. The van der Waals surface area contributed by atoms with Crippen LogP contribution in [0.1, 0.15) is 106 Å². The molecule has 0 N–H and O–H groups in total. The van der Waals surface area contributed by atoms with Crippen LogP contribution in [0.3, 0.4) is 0 Å². The zero-order valence-electron chi connectivity index (χ0n) is 23.3. The molecule has 0 saturated heterocycles. The van der Waals surface area contributed by atoms with Crippen LogP contribution in [0.4, 0.5) is 13.2 Å². The molecule has 2 aromatic rings. The highest BCUT2D eigenvalue weighted by molar-refractivity contribution is 5.51. The minimum Gasteiger partial charge on any atom is -0.490 e. The molecule has 2 nitrogen and oxygen atoms in total. The Bertz CT molecular complexity index is 1100. The first kappa shape index (κ1) is 29.5. The van der Waals surface area contributed by atoms with E-state index in [2.05, 4.69) is 19.6 Å². The summed E-state index contributed by atoms with van der Waals surface area (Å²) in [6.07, 6.45) is 15.9. The lowest BCUT2D eigenvalue weighted by atomic mass is 9.77. The molecule has 2 aliphatic carbocycles. The summed E-state index contributed by atoms with van der Waals surface area (Å²) >= 11 is 0. The Hall–Kier alpha value is -2.53. The van der Waals surface area contributed by atoms with Gasteiger partial charge in [0.15, 0.2) is 23.2 Å². The summed E-state index contributed by atoms with van der Waals surface area (Å²) in [6, 6.07) is 8.65. The second-order valence-electron chi connectivity index (χ2n) is 11.2. The second kappa shape index (κ2) is 14.7. The Morgan fingerprint density at radius 1 is 0.846 bits per heavy atom. The van der Waals surface area contributed by atoms with Crippen LogP contribution in [-0.4, -0.2) is 19.3 Å².